The molecule has 1 heterocycles. The van der Waals surface area contributed by atoms with Crippen molar-refractivity contribution in [2.24, 2.45) is 7.05 Å². The highest BCUT2D eigenvalue weighted by molar-refractivity contribution is 7.89. The van der Waals surface area contributed by atoms with E-state index in [0.29, 0.717) is 13.1 Å². The molecule has 0 saturated carbocycles. The molecule has 7 nitrogen and oxygen atoms in total. The van der Waals surface area contributed by atoms with Gasteiger partial charge in [-0.1, -0.05) is 13.8 Å². The Bertz CT molecular complexity index is 936. The molecule has 0 fully saturated rings. The van der Waals surface area contributed by atoms with E-state index in [-0.39, 0.29) is 23.0 Å². The first-order valence-electron chi connectivity index (χ1n) is 9.20. The summed E-state index contributed by atoms with van der Waals surface area (Å²) < 4.78 is 42.8. The predicted molar refractivity (Wildman–Crippen MR) is 105 cm³/mol. The van der Waals surface area contributed by atoms with E-state index in [1.54, 1.807) is 38.0 Å². The number of benzene rings is 1. The molecule has 28 heavy (non-hydrogen) atoms. The Kier molecular flexibility index (Phi) is 6.95. The number of aryl methyl sites for hydroxylation is 1. The Morgan fingerprint density at radius 1 is 1.25 bits per heavy atom. The fourth-order valence-electron chi connectivity index (χ4n) is 2.94. The molecule has 2 aromatic rings. The normalized spacial score (nSPS) is 12.0. The number of sulfonamides is 1. The highest BCUT2D eigenvalue weighted by atomic mass is 32.2. The molecule has 0 aliphatic carbocycles. The number of rotatable bonds is 8. The summed E-state index contributed by atoms with van der Waals surface area (Å²) in [6.45, 7) is 7.93. The van der Waals surface area contributed by atoms with Crippen LogP contribution >= 0.6 is 0 Å². The molecular formula is C19H27FN4O3S. The zero-order valence-electron chi connectivity index (χ0n) is 16.9. The molecule has 0 saturated heterocycles. The standard InChI is InChI=1S/C19H27FN4O3S/c1-6-23(7-2)28(26,27)16-8-9-18(20)17(10-16)19(25)24(14(3)4)13-15-11-21-22(5)12-15/h8-12,14H,6-7,13H2,1-5H3. The van der Waals surface area contributed by atoms with Crippen LogP contribution in [0.4, 0.5) is 4.39 Å². The molecule has 0 N–H and O–H groups in total. The van der Waals surface area contributed by atoms with Gasteiger partial charge in [-0.3, -0.25) is 9.48 Å². The summed E-state index contributed by atoms with van der Waals surface area (Å²) in [6.07, 6.45) is 3.42. The Morgan fingerprint density at radius 3 is 2.39 bits per heavy atom. The topological polar surface area (TPSA) is 75.5 Å². The van der Waals surface area contributed by atoms with Gasteiger partial charge in [-0.25, -0.2) is 12.8 Å². The molecule has 0 aliphatic rings. The average molecular weight is 411 g/mol. The van der Waals surface area contributed by atoms with E-state index in [4.69, 9.17) is 0 Å². The number of hydrogen-bond donors (Lipinski definition) is 0. The van der Waals surface area contributed by atoms with Crippen molar-refractivity contribution in [1.82, 2.24) is 19.0 Å². The van der Waals surface area contributed by atoms with Crippen LogP contribution in [0.3, 0.4) is 0 Å². The highest BCUT2D eigenvalue weighted by Gasteiger charge is 2.27. The predicted octanol–water partition coefficient (Wildman–Crippen LogP) is 2.64. The molecule has 9 heteroatoms. The van der Waals surface area contributed by atoms with Gasteiger partial charge in [0.2, 0.25) is 10.0 Å². The van der Waals surface area contributed by atoms with Crippen molar-refractivity contribution in [3.05, 3.63) is 47.5 Å². The minimum Gasteiger partial charge on any atom is -0.332 e. The SMILES string of the molecule is CCN(CC)S(=O)(=O)c1ccc(F)c(C(=O)N(Cc2cnn(C)c2)C(C)C)c1. The fraction of sp³-hybridized carbons (Fsp3) is 0.474. The Labute approximate surface area is 165 Å². The lowest BCUT2D eigenvalue weighted by atomic mass is 10.1. The molecule has 154 valence electrons. The third-order valence-electron chi connectivity index (χ3n) is 4.51. The van der Waals surface area contributed by atoms with Crippen LogP contribution in [0.1, 0.15) is 43.6 Å². The number of carbonyl (C=O) groups is 1. The lowest BCUT2D eigenvalue weighted by Crippen LogP contribution is -2.37. The van der Waals surface area contributed by atoms with Gasteiger partial charge in [0.1, 0.15) is 5.82 Å². The summed E-state index contributed by atoms with van der Waals surface area (Å²) in [5, 5.41) is 4.08. The lowest BCUT2D eigenvalue weighted by molar-refractivity contribution is 0.0685. The smallest absolute Gasteiger partial charge is 0.257 e. The van der Waals surface area contributed by atoms with E-state index in [2.05, 4.69) is 5.10 Å². The molecule has 1 aromatic heterocycles. The van der Waals surface area contributed by atoms with Crippen LogP contribution in [-0.4, -0.2) is 52.4 Å². The van der Waals surface area contributed by atoms with Gasteiger partial charge >= 0.3 is 0 Å². The van der Waals surface area contributed by atoms with Crippen molar-refractivity contribution < 1.29 is 17.6 Å². The Hall–Kier alpha value is -2.26. The van der Waals surface area contributed by atoms with E-state index in [1.165, 1.54) is 15.3 Å². The number of carbonyl (C=O) groups excluding carboxylic acids is 1. The van der Waals surface area contributed by atoms with Gasteiger partial charge in [-0.2, -0.15) is 9.40 Å². The van der Waals surface area contributed by atoms with E-state index in [1.807, 2.05) is 13.8 Å². The highest BCUT2D eigenvalue weighted by Crippen LogP contribution is 2.22. The molecule has 1 amide bonds. The van der Waals surface area contributed by atoms with Gasteiger partial charge in [-0.15, -0.1) is 0 Å². The monoisotopic (exact) mass is 410 g/mol. The van der Waals surface area contributed by atoms with Crippen molar-refractivity contribution in [3.63, 3.8) is 0 Å². The summed E-state index contributed by atoms with van der Waals surface area (Å²) in [4.78, 5) is 14.5. The maximum Gasteiger partial charge on any atom is 0.257 e. The van der Waals surface area contributed by atoms with Gasteiger partial charge in [0.25, 0.3) is 5.91 Å². The second-order valence-corrected chi connectivity index (χ2v) is 8.72. The van der Waals surface area contributed by atoms with E-state index in [9.17, 15) is 17.6 Å². The number of hydrogen-bond acceptors (Lipinski definition) is 4. The Balaban J connectivity index is 2.43. The number of amides is 1. The minimum absolute atomic E-state index is 0.0916. The van der Waals surface area contributed by atoms with E-state index >= 15 is 0 Å². The van der Waals surface area contributed by atoms with Crippen LogP contribution in [0, 0.1) is 5.82 Å². The van der Waals surface area contributed by atoms with Gasteiger partial charge in [0.15, 0.2) is 0 Å². The maximum absolute atomic E-state index is 14.5. The second kappa shape index (κ2) is 8.83. The number of halogens is 1. The van der Waals surface area contributed by atoms with Crippen molar-refractivity contribution in [2.45, 2.75) is 45.2 Å². The number of aromatic nitrogens is 2. The molecule has 0 radical (unpaired) electrons. The maximum atomic E-state index is 14.5. The molecule has 0 unspecified atom stereocenters. The van der Waals surface area contributed by atoms with Crippen LogP contribution in [0.15, 0.2) is 35.5 Å². The second-order valence-electron chi connectivity index (χ2n) is 6.78. The minimum atomic E-state index is -3.79. The van der Waals surface area contributed by atoms with Gasteiger partial charge in [0.05, 0.1) is 16.7 Å². The molecule has 0 spiro atoms. The Morgan fingerprint density at radius 2 is 1.89 bits per heavy atom. The summed E-state index contributed by atoms with van der Waals surface area (Å²) in [5.74, 6) is -1.31. The summed E-state index contributed by atoms with van der Waals surface area (Å²) in [6, 6.07) is 3.15. The van der Waals surface area contributed by atoms with Crippen LogP contribution in [0.25, 0.3) is 0 Å². The summed E-state index contributed by atoms with van der Waals surface area (Å²) in [7, 11) is -2.02. The first kappa shape index (κ1) is 22.0. The van der Waals surface area contributed by atoms with Gasteiger partial charge < -0.3 is 4.90 Å². The lowest BCUT2D eigenvalue weighted by Gasteiger charge is -2.27. The van der Waals surface area contributed by atoms with Crippen LogP contribution in [-0.2, 0) is 23.6 Å². The van der Waals surface area contributed by atoms with Crippen LogP contribution in [0.2, 0.25) is 0 Å². The van der Waals surface area contributed by atoms with E-state index in [0.717, 1.165) is 17.7 Å². The first-order valence-corrected chi connectivity index (χ1v) is 10.6. The summed E-state index contributed by atoms with van der Waals surface area (Å²) >= 11 is 0. The number of nitrogens with zero attached hydrogens (tertiary/aromatic N) is 4. The molecule has 1 aromatic carbocycles. The largest absolute Gasteiger partial charge is 0.332 e. The van der Waals surface area contributed by atoms with Crippen LogP contribution in [0.5, 0.6) is 0 Å². The molecule has 0 atom stereocenters. The summed E-state index contributed by atoms with van der Waals surface area (Å²) in [5.41, 5.74) is 0.544. The van der Waals surface area contributed by atoms with Crippen molar-refractivity contribution in [2.75, 3.05) is 13.1 Å². The molecule has 2 rings (SSSR count). The van der Waals surface area contributed by atoms with Crippen molar-refractivity contribution >= 4 is 15.9 Å². The molecular weight excluding hydrogens is 383 g/mol. The van der Waals surface area contributed by atoms with Gasteiger partial charge in [-0.05, 0) is 32.0 Å². The fourth-order valence-corrected chi connectivity index (χ4v) is 4.42. The van der Waals surface area contributed by atoms with E-state index < -0.39 is 21.7 Å². The molecule has 0 aliphatic heterocycles. The first-order chi connectivity index (χ1) is 13.1. The molecule has 0 bridgehead atoms. The van der Waals surface area contributed by atoms with Crippen molar-refractivity contribution in [3.8, 4) is 0 Å². The van der Waals surface area contributed by atoms with Crippen molar-refractivity contribution in [1.29, 1.82) is 0 Å². The van der Waals surface area contributed by atoms with Gasteiger partial charge in [0, 0.05) is 44.5 Å². The third kappa shape index (κ3) is 4.59. The zero-order chi connectivity index (χ0) is 21.1. The third-order valence-corrected chi connectivity index (χ3v) is 6.55. The average Bonchev–Trinajstić information content (AvgIpc) is 3.05. The van der Waals surface area contributed by atoms with Crippen LogP contribution < -0.4 is 0 Å². The quantitative estimate of drug-likeness (QED) is 0.670. The zero-order valence-corrected chi connectivity index (χ0v) is 17.7.